The smallest absolute Gasteiger partial charge is 0.306 e. The van der Waals surface area contributed by atoms with Crippen molar-refractivity contribution >= 4 is 22.5 Å². The first kappa shape index (κ1) is 11.7. The second-order valence-electron chi connectivity index (χ2n) is 4.10. The van der Waals surface area contributed by atoms with Crippen molar-refractivity contribution in [1.82, 2.24) is 9.55 Å². The van der Waals surface area contributed by atoms with Crippen molar-refractivity contribution in [3.63, 3.8) is 0 Å². The van der Waals surface area contributed by atoms with Crippen molar-refractivity contribution in [2.24, 2.45) is 0 Å². The number of nitrogens with one attached hydrogen (secondary N) is 1. The van der Waals surface area contributed by atoms with Gasteiger partial charge in [0, 0.05) is 5.02 Å². The predicted octanol–water partition coefficient (Wildman–Crippen LogP) is 2.33. The predicted molar refractivity (Wildman–Crippen MR) is 75.2 cm³/mol. The molecule has 0 aliphatic carbocycles. The molecule has 0 amide bonds. The number of nitrogens with zero attached hydrogens (tertiary/aromatic N) is 1. The van der Waals surface area contributed by atoms with E-state index in [2.05, 4.69) is 4.98 Å². The minimum atomic E-state index is -0.467. The number of H-pyrrole nitrogens is 1. The summed E-state index contributed by atoms with van der Waals surface area (Å²) in [5.74, 6) is 0. The van der Waals surface area contributed by atoms with E-state index in [9.17, 15) is 9.59 Å². The first-order chi connectivity index (χ1) is 9.16. The van der Waals surface area contributed by atoms with Crippen molar-refractivity contribution in [1.29, 1.82) is 0 Å². The molecule has 3 rings (SSSR count). The first-order valence-electron chi connectivity index (χ1n) is 5.67. The zero-order chi connectivity index (χ0) is 13.4. The number of aromatic nitrogens is 2. The minimum absolute atomic E-state index is 0.382. The van der Waals surface area contributed by atoms with E-state index in [1.54, 1.807) is 42.5 Å². The number of rotatable bonds is 1. The maximum absolute atomic E-state index is 12.4. The Bertz CT molecular complexity index is 866. The molecule has 94 valence electrons. The van der Waals surface area contributed by atoms with Crippen LogP contribution < -0.4 is 11.2 Å². The van der Waals surface area contributed by atoms with E-state index in [1.807, 2.05) is 6.07 Å². The molecular weight excluding hydrogens is 264 g/mol. The average Bonchev–Trinajstić information content (AvgIpc) is 2.41. The largest absolute Gasteiger partial charge is 0.333 e. The standard InChI is InChI=1S/C14H9ClN2O2/c15-9-6-7-12-11(8-9)13(18)17(14(19)16-12)10-4-2-1-3-5-10/h1-8H,(H,16,19). The van der Waals surface area contributed by atoms with Crippen molar-refractivity contribution in [2.75, 3.05) is 0 Å². The lowest BCUT2D eigenvalue weighted by molar-refractivity contribution is 0.901. The van der Waals surface area contributed by atoms with Crippen LogP contribution in [0.25, 0.3) is 16.6 Å². The maximum atomic E-state index is 12.4. The normalized spacial score (nSPS) is 10.8. The van der Waals surface area contributed by atoms with Crippen LogP contribution in [0.4, 0.5) is 0 Å². The summed E-state index contributed by atoms with van der Waals surface area (Å²) in [6, 6.07) is 13.6. The van der Waals surface area contributed by atoms with Gasteiger partial charge in [0.15, 0.2) is 0 Å². The fourth-order valence-electron chi connectivity index (χ4n) is 2.00. The highest BCUT2D eigenvalue weighted by atomic mass is 35.5. The number of aromatic amines is 1. The molecule has 5 heteroatoms. The third kappa shape index (κ3) is 1.96. The van der Waals surface area contributed by atoms with Crippen LogP contribution in [-0.4, -0.2) is 9.55 Å². The molecule has 0 radical (unpaired) electrons. The van der Waals surface area contributed by atoms with Crippen molar-refractivity contribution < 1.29 is 0 Å². The van der Waals surface area contributed by atoms with Crippen LogP contribution in [-0.2, 0) is 0 Å². The Kier molecular flexibility index (Phi) is 2.72. The molecule has 0 spiro atoms. The second-order valence-corrected chi connectivity index (χ2v) is 4.53. The number of para-hydroxylation sites is 1. The zero-order valence-electron chi connectivity index (χ0n) is 9.76. The summed E-state index contributed by atoms with van der Waals surface area (Å²) < 4.78 is 1.10. The van der Waals surface area contributed by atoms with Gasteiger partial charge >= 0.3 is 5.69 Å². The molecule has 0 saturated heterocycles. The van der Waals surface area contributed by atoms with Crippen molar-refractivity contribution in [2.45, 2.75) is 0 Å². The maximum Gasteiger partial charge on any atom is 0.333 e. The Labute approximate surface area is 112 Å². The zero-order valence-corrected chi connectivity index (χ0v) is 10.5. The molecule has 0 bridgehead atoms. The molecule has 0 saturated carbocycles. The molecule has 4 nitrogen and oxygen atoms in total. The van der Waals surface area contributed by atoms with Gasteiger partial charge in [-0.05, 0) is 30.3 Å². The minimum Gasteiger partial charge on any atom is -0.306 e. The molecule has 0 aliphatic rings. The van der Waals surface area contributed by atoms with Crippen molar-refractivity contribution in [3.8, 4) is 5.69 Å². The van der Waals surface area contributed by atoms with E-state index in [0.717, 1.165) is 4.57 Å². The highest BCUT2D eigenvalue weighted by Crippen LogP contribution is 2.14. The van der Waals surface area contributed by atoms with E-state index in [0.29, 0.717) is 21.6 Å². The van der Waals surface area contributed by atoms with E-state index >= 15 is 0 Å². The Hall–Kier alpha value is -2.33. The highest BCUT2D eigenvalue weighted by Gasteiger charge is 2.09. The molecule has 0 fully saturated rings. The molecule has 0 aliphatic heterocycles. The summed E-state index contributed by atoms with van der Waals surface area (Å²) in [7, 11) is 0. The van der Waals surface area contributed by atoms with Gasteiger partial charge in [0.05, 0.1) is 16.6 Å². The molecular formula is C14H9ClN2O2. The summed E-state index contributed by atoms with van der Waals surface area (Å²) in [6.07, 6.45) is 0. The third-order valence-corrected chi connectivity index (χ3v) is 3.11. The molecule has 19 heavy (non-hydrogen) atoms. The Morgan fingerprint density at radius 3 is 2.47 bits per heavy atom. The summed E-state index contributed by atoms with van der Waals surface area (Å²) in [4.78, 5) is 27.1. The van der Waals surface area contributed by atoms with Gasteiger partial charge in [-0.2, -0.15) is 0 Å². The topological polar surface area (TPSA) is 54.9 Å². The molecule has 2 aromatic carbocycles. The Morgan fingerprint density at radius 1 is 1.00 bits per heavy atom. The van der Waals surface area contributed by atoms with E-state index in [1.165, 1.54) is 0 Å². The Morgan fingerprint density at radius 2 is 1.74 bits per heavy atom. The molecule has 3 aromatic rings. The SMILES string of the molecule is O=c1[nH]c2ccc(Cl)cc2c(=O)n1-c1ccccc1. The average molecular weight is 273 g/mol. The van der Waals surface area contributed by atoms with Crippen LogP contribution in [0.2, 0.25) is 5.02 Å². The van der Waals surface area contributed by atoms with E-state index < -0.39 is 5.69 Å². The number of hydrogen-bond acceptors (Lipinski definition) is 2. The number of fused-ring (bicyclic) bond motifs is 1. The van der Waals surface area contributed by atoms with Crippen LogP contribution in [0.15, 0.2) is 58.1 Å². The fourth-order valence-corrected chi connectivity index (χ4v) is 2.17. The molecule has 0 atom stereocenters. The molecule has 1 heterocycles. The lowest BCUT2D eigenvalue weighted by Gasteiger charge is -2.06. The fraction of sp³-hybridized carbons (Fsp3) is 0. The van der Waals surface area contributed by atoms with Gasteiger partial charge in [0.2, 0.25) is 0 Å². The van der Waals surface area contributed by atoms with E-state index in [-0.39, 0.29) is 5.56 Å². The van der Waals surface area contributed by atoms with Crippen molar-refractivity contribution in [3.05, 3.63) is 74.4 Å². The van der Waals surface area contributed by atoms with Gasteiger partial charge in [0.25, 0.3) is 5.56 Å². The molecule has 1 N–H and O–H groups in total. The van der Waals surface area contributed by atoms with E-state index in [4.69, 9.17) is 11.6 Å². The van der Waals surface area contributed by atoms with Gasteiger partial charge in [-0.25, -0.2) is 9.36 Å². The van der Waals surface area contributed by atoms with Gasteiger partial charge in [-0.3, -0.25) is 4.79 Å². The van der Waals surface area contributed by atoms with Crippen LogP contribution >= 0.6 is 11.6 Å². The first-order valence-corrected chi connectivity index (χ1v) is 6.04. The quantitative estimate of drug-likeness (QED) is 0.739. The number of benzene rings is 2. The number of hydrogen-bond donors (Lipinski definition) is 1. The summed E-state index contributed by atoms with van der Waals surface area (Å²) >= 11 is 5.89. The third-order valence-electron chi connectivity index (χ3n) is 2.87. The number of halogens is 1. The molecule has 0 unspecified atom stereocenters. The second kappa shape index (κ2) is 4.40. The lowest BCUT2D eigenvalue weighted by atomic mass is 10.2. The van der Waals surface area contributed by atoms with Crippen LogP contribution in [0.3, 0.4) is 0 Å². The monoisotopic (exact) mass is 272 g/mol. The molecule has 1 aromatic heterocycles. The van der Waals surface area contributed by atoms with Gasteiger partial charge in [0.1, 0.15) is 0 Å². The van der Waals surface area contributed by atoms with Gasteiger partial charge < -0.3 is 4.98 Å². The Balaban J connectivity index is 2.44. The van der Waals surface area contributed by atoms with Gasteiger partial charge in [-0.15, -0.1) is 0 Å². The summed E-state index contributed by atoms with van der Waals surface area (Å²) in [6.45, 7) is 0. The summed E-state index contributed by atoms with van der Waals surface area (Å²) in [5, 5.41) is 0.840. The highest BCUT2D eigenvalue weighted by molar-refractivity contribution is 6.31. The van der Waals surface area contributed by atoms with Gasteiger partial charge in [-0.1, -0.05) is 29.8 Å². The van der Waals surface area contributed by atoms with Crippen LogP contribution in [0.1, 0.15) is 0 Å². The van der Waals surface area contributed by atoms with Crippen LogP contribution in [0.5, 0.6) is 0 Å². The lowest BCUT2D eigenvalue weighted by Crippen LogP contribution is -2.33. The van der Waals surface area contributed by atoms with Crippen LogP contribution in [0, 0.1) is 0 Å². The summed E-state index contributed by atoms with van der Waals surface area (Å²) in [5.41, 5.74) is 0.153.